The van der Waals surface area contributed by atoms with E-state index in [4.69, 9.17) is 0 Å². The summed E-state index contributed by atoms with van der Waals surface area (Å²) in [5.74, 6) is 2.00. The van der Waals surface area contributed by atoms with Crippen molar-refractivity contribution in [2.45, 2.75) is 84.6 Å². The second-order valence-electron chi connectivity index (χ2n) is 7.44. The summed E-state index contributed by atoms with van der Waals surface area (Å²) in [6, 6.07) is 0.807. The molecule has 0 aromatic rings. The van der Waals surface area contributed by atoms with E-state index in [1.807, 2.05) is 0 Å². The van der Waals surface area contributed by atoms with Crippen molar-refractivity contribution < 1.29 is 0 Å². The first-order valence-corrected chi connectivity index (χ1v) is 8.37. The van der Waals surface area contributed by atoms with Gasteiger partial charge in [0, 0.05) is 6.04 Å². The molecule has 2 aliphatic rings. The molecule has 2 aliphatic carbocycles. The molecule has 2 atom stereocenters. The highest BCUT2D eigenvalue weighted by Gasteiger charge is 2.49. The standard InChI is InChI=1S/C17H33N/c1-4-12-18-16(15-13-17(15,2)3)11-10-14-8-6-5-7-9-14/h14-16,18H,4-13H2,1-3H3. The van der Waals surface area contributed by atoms with Crippen molar-refractivity contribution in [3.8, 4) is 0 Å². The summed E-state index contributed by atoms with van der Waals surface area (Å²) in [5, 5.41) is 3.83. The highest BCUT2D eigenvalue weighted by atomic mass is 14.9. The molecule has 2 fully saturated rings. The molecule has 106 valence electrons. The fraction of sp³-hybridized carbons (Fsp3) is 1.00. The van der Waals surface area contributed by atoms with Gasteiger partial charge < -0.3 is 5.32 Å². The third-order valence-corrected chi connectivity index (χ3v) is 5.34. The Kier molecular flexibility index (Phi) is 5.12. The van der Waals surface area contributed by atoms with Crippen LogP contribution in [0.4, 0.5) is 0 Å². The lowest BCUT2D eigenvalue weighted by Crippen LogP contribution is -2.33. The zero-order chi connectivity index (χ0) is 13.0. The van der Waals surface area contributed by atoms with Crippen LogP contribution in [0.5, 0.6) is 0 Å². The van der Waals surface area contributed by atoms with E-state index in [9.17, 15) is 0 Å². The molecule has 2 unspecified atom stereocenters. The van der Waals surface area contributed by atoms with Crippen molar-refractivity contribution in [1.29, 1.82) is 0 Å². The molecular weight excluding hydrogens is 218 g/mol. The number of hydrogen-bond donors (Lipinski definition) is 1. The molecule has 0 bridgehead atoms. The summed E-state index contributed by atoms with van der Waals surface area (Å²) in [5.41, 5.74) is 0.623. The van der Waals surface area contributed by atoms with E-state index in [1.165, 1.54) is 64.3 Å². The smallest absolute Gasteiger partial charge is 0.0101 e. The molecule has 0 aromatic heterocycles. The molecule has 0 aliphatic heterocycles. The van der Waals surface area contributed by atoms with Crippen LogP contribution in [0.1, 0.15) is 78.6 Å². The molecule has 0 saturated heterocycles. The summed E-state index contributed by atoms with van der Waals surface area (Å²) in [6.45, 7) is 8.38. The van der Waals surface area contributed by atoms with Gasteiger partial charge in [0.25, 0.3) is 0 Å². The van der Waals surface area contributed by atoms with E-state index in [2.05, 4.69) is 26.1 Å². The first-order valence-electron chi connectivity index (χ1n) is 8.37. The molecule has 0 radical (unpaired) electrons. The van der Waals surface area contributed by atoms with E-state index in [0.29, 0.717) is 5.41 Å². The lowest BCUT2D eigenvalue weighted by molar-refractivity contribution is 0.295. The van der Waals surface area contributed by atoms with E-state index in [0.717, 1.165) is 17.9 Å². The summed E-state index contributed by atoms with van der Waals surface area (Å²) < 4.78 is 0. The van der Waals surface area contributed by atoms with E-state index in [-0.39, 0.29) is 0 Å². The summed E-state index contributed by atoms with van der Waals surface area (Å²) >= 11 is 0. The maximum atomic E-state index is 3.83. The second-order valence-corrected chi connectivity index (χ2v) is 7.44. The summed E-state index contributed by atoms with van der Waals surface area (Å²) in [6.07, 6.45) is 13.1. The Morgan fingerprint density at radius 1 is 1.17 bits per heavy atom. The highest BCUT2D eigenvalue weighted by Crippen LogP contribution is 2.54. The van der Waals surface area contributed by atoms with Gasteiger partial charge in [-0.05, 0) is 49.5 Å². The average molecular weight is 251 g/mol. The van der Waals surface area contributed by atoms with Gasteiger partial charge >= 0.3 is 0 Å². The number of nitrogens with one attached hydrogen (secondary N) is 1. The van der Waals surface area contributed by atoms with Crippen LogP contribution in [-0.2, 0) is 0 Å². The monoisotopic (exact) mass is 251 g/mol. The predicted molar refractivity (Wildman–Crippen MR) is 79.8 cm³/mol. The molecule has 18 heavy (non-hydrogen) atoms. The van der Waals surface area contributed by atoms with Gasteiger partial charge in [-0.25, -0.2) is 0 Å². The zero-order valence-electron chi connectivity index (χ0n) is 12.8. The molecule has 1 nitrogen and oxygen atoms in total. The van der Waals surface area contributed by atoms with Gasteiger partial charge in [-0.15, -0.1) is 0 Å². The van der Waals surface area contributed by atoms with Crippen LogP contribution in [0.2, 0.25) is 0 Å². The van der Waals surface area contributed by atoms with Crippen molar-refractivity contribution in [1.82, 2.24) is 5.32 Å². The van der Waals surface area contributed by atoms with Gasteiger partial charge in [0.05, 0.1) is 0 Å². The van der Waals surface area contributed by atoms with Gasteiger partial charge in [-0.1, -0.05) is 52.9 Å². The molecule has 0 heterocycles. The Morgan fingerprint density at radius 3 is 2.39 bits per heavy atom. The van der Waals surface area contributed by atoms with Gasteiger partial charge in [0.15, 0.2) is 0 Å². The molecule has 1 heteroatoms. The molecule has 2 rings (SSSR count). The van der Waals surface area contributed by atoms with Gasteiger partial charge in [-0.2, -0.15) is 0 Å². The third kappa shape index (κ3) is 3.98. The zero-order valence-corrected chi connectivity index (χ0v) is 12.8. The minimum atomic E-state index is 0.623. The largest absolute Gasteiger partial charge is 0.314 e. The minimum absolute atomic E-state index is 0.623. The molecule has 0 aromatic carbocycles. The Labute approximate surface area is 114 Å². The second kappa shape index (κ2) is 6.41. The van der Waals surface area contributed by atoms with E-state index in [1.54, 1.807) is 0 Å². The van der Waals surface area contributed by atoms with Crippen LogP contribution in [-0.4, -0.2) is 12.6 Å². The van der Waals surface area contributed by atoms with E-state index < -0.39 is 0 Å². The van der Waals surface area contributed by atoms with E-state index >= 15 is 0 Å². The van der Waals surface area contributed by atoms with Crippen LogP contribution in [0.15, 0.2) is 0 Å². The van der Waals surface area contributed by atoms with Crippen LogP contribution in [0.3, 0.4) is 0 Å². The Balaban J connectivity index is 1.74. The highest BCUT2D eigenvalue weighted by molar-refractivity contribution is 5.01. The van der Waals surface area contributed by atoms with Gasteiger partial charge in [0.2, 0.25) is 0 Å². The maximum Gasteiger partial charge on any atom is 0.0101 e. The average Bonchev–Trinajstić information content (AvgIpc) is 3.00. The summed E-state index contributed by atoms with van der Waals surface area (Å²) in [4.78, 5) is 0. The molecular formula is C17H33N. The lowest BCUT2D eigenvalue weighted by atomic mass is 9.84. The third-order valence-electron chi connectivity index (χ3n) is 5.34. The SMILES string of the molecule is CCCNC(CCC1CCCCC1)C1CC1(C)C. The normalized spacial score (nSPS) is 29.2. The van der Waals surface area contributed by atoms with Crippen molar-refractivity contribution in [3.63, 3.8) is 0 Å². The van der Waals surface area contributed by atoms with Gasteiger partial charge in [0.1, 0.15) is 0 Å². The number of rotatable bonds is 7. The molecule has 2 saturated carbocycles. The molecule has 0 spiro atoms. The van der Waals surface area contributed by atoms with Crippen molar-refractivity contribution in [3.05, 3.63) is 0 Å². The fourth-order valence-corrected chi connectivity index (χ4v) is 3.86. The van der Waals surface area contributed by atoms with Crippen LogP contribution in [0, 0.1) is 17.3 Å². The fourth-order valence-electron chi connectivity index (χ4n) is 3.86. The van der Waals surface area contributed by atoms with Crippen LogP contribution < -0.4 is 5.32 Å². The Morgan fingerprint density at radius 2 is 1.83 bits per heavy atom. The summed E-state index contributed by atoms with van der Waals surface area (Å²) in [7, 11) is 0. The Bertz CT molecular complexity index is 240. The minimum Gasteiger partial charge on any atom is -0.314 e. The van der Waals surface area contributed by atoms with Gasteiger partial charge in [-0.3, -0.25) is 0 Å². The topological polar surface area (TPSA) is 12.0 Å². The molecule has 0 amide bonds. The van der Waals surface area contributed by atoms with Crippen molar-refractivity contribution in [2.75, 3.05) is 6.54 Å². The number of hydrogen-bond acceptors (Lipinski definition) is 1. The molecule has 1 N–H and O–H groups in total. The van der Waals surface area contributed by atoms with Crippen LogP contribution in [0.25, 0.3) is 0 Å². The maximum absolute atomic E-state index is 3.83. The van der Waals surface area contributed by atoms with Crippen molar-refractivity contribution in [2.24, 2.45) is 17.3 Å². The first kappa shape index (κ1) is 14.4. The lowest BCUT2D eigenvalue weighted by Gasteiger charge is -2.26. The first-order chi connectivity index (χ1) is 8.63. The predicted octanol–water partition coefficient (Wildman–Crippen LogP) is 4.76. The van der Waals surface area contributed by atoms with Crippen molar-refractivity contribution >= 4 is 0 Å². The quantitative estimate of drug-likeness (QED) is 0.688. The van der Waals surface area contributed by atoms with Crippen LogP contribution >= 0.6 is 0 Å². The Hall–Kier alpha value is -0.0400.